The highest BCUT2D eigenvalue weighted by Gasteiger charge is 2.25. The predicted molar refractivity (Wildman–Crippen MR) is 110 cm³/mol. The lowest BCUT2D eigenvalue weighted by Gasteiger charge is -2.11. The number of rotatable bonds is 5. The van der Waals surface area contributed by atoms with Gasteiger partial charge in [-0.25, -0.2) is 9.13 Å². The lowest BCUT2D eigenvalue weighted by molar-refractivity contribution is -0.687. The van der Waals surface area contributed by atoms with Crippen LogP contribution in [0.2, 0.25) is 0 Å². The second-order valence-electron chi connectivity index (χ2n) is 7.02. The molecule has 0 bridgehead atoms. The van der Waals surface area contributed by atoms with Crippen LogP contribution in [0.4, 0.5) is 0 Å². The van der Waals surface area contributed by atoms with E-state index in [2.05, 4.69) is 88.5 Å². The zero-order valence-electron chi connectivity index (χ0n) is 15.9. The van der Waals surface area contributed by atoms with E-state index in [-0.39, 0.29) is 23.0 Å². The van der Waals surface area contributed by atoms with Crippen LogP contribution in [-0.4, -0.2) is 4.57 Å². The van der Waals surface area contributed by atoms with Crippen LogP contribution in [0, 0.1) is 0 Å². The second kappa shape index (κ2) is 8.50. The average Bonchev–Trinajstić information content (AvgIpc) is 3.37. The van der Waals surface area contributed by atoms with Gasteiger partial charge < -0.3 is 21.4 Å². The molecule has 0 aliphatic carbocycles. The summed E-state index contributed by atoms with van der Waals surface area (Å²) >= 11 is 0. The van der Waals surface area contributed by atoms with Crippen molar-refractivity contribution in [1.82, 2.24) is 4.57 Å². The molecule has 0 spiro atoms. The highest BCUT2D eigenvalue weighted by Crippen LogP contribution is 2.31. The lowest BCUT2D eigenvalue weighted by Crippen LogP contribution is -3.00. The first kappa shape index (κ1) is 19.2. The summed E-state index contributed by atoms with van der Waals surface area (Å²) in [4.78, 5) is 0. The van der Waals surface area contributed by atoms with Crippen LogP contribution >= 0.6 is 0 Å². The Labute approximate surface area is 180 Å². The summed E-state index contributed by atoms with van der Waals surface area (Å²) in [6, 6.07) is 31.3. The summed E-state index contributed by atoms with van der Waals surface area (Å²) in [6.45, 7) is 0.843. The van der Waals surface area contributed by atoms with Crippen molar-refractivity contribution < 1.29 is 26.0 Å². The van der Waals surface area contributed by atoms with Crippen LogP contribution in [-0.2, 0) is 6.54 Å². The molecule has 144 valence electrons. The minimum Gasteiger partial charge on any atom is -1.00 e. The van der Waals surface area contributed by atoms with E-state index in [0.29, 0.717) is 0 Å². The Kier molecular flexibility index (Phi) is 5.63. The second-order valence-corrected chi connectivity index (χ2v) is 7.02. The summed E-state index contributed by atoms with van der Waals surface area (Å²) in [5.74, 6) is 0.940. The van der Waals surface area contributed by atoms with Gasteiger partial charge in [-0.3, -0.25) is 0 Å². The number of imidazole rings is 1. The molecule has 0 N–H and O–H groups in total. The van der Waals surface area contributed by atoms with Gasteiger partial charge in [0.15, 0.2) is 11.8 Å². The lowest BCUT2D eigenvalue weighted by atomic mass is 10.0. The first-order valence-electron chi connectivity index (χ1n) is 9.51. The first-order valence-corrected chi connectivity index (χ1v) is 9.51. The number of hydrogen-bond acceptors (Lipinski definition) is 1. The maximum atomic E-state index is 6.24. The fraction of sp³-hybridized carbons (Fsp3) is 0.0800. The molecule has 0 saturated heterocycles. The zero-order valence-corrected chi connectivity index (χ0v) is 17.4. The van der Waals surface area contributed by atoms with Gasteiger partial charge in [-0.05, 0) is 17.7 Å². The van der Waals surface area contributed by atoms with E-state index >= 15 is 0 Å². The largest absolute Gasteiger partial charge is 1.00 e. The Bertz CT molecular complexity index is 1160. The van der Waals surface area contributed by atoms with E-state index in [1.165, 1.54) is 11.1 Å². The number of benzene rings is 3. The molecule has 2 aromatic heterocycles. The van der Waals surface area contributed by atoms with Crippen molar-refractivity contribution in [1.29, 1.82) is 0 Å². The maximum absolute atomic E-state index is 6.24. The Balaban J connectivity index is 0.00000205. The van der Waals surface area contributed by atoms with Crippen molar-refractivity contribution in [3.63, 3.8) is 0 Å². The molecule has 0 aliphatic rings. The molecule has 3 nitrogen and oxygen atoms in total. The van der Waals surface area contributed by atoms with Gasteiger partial charge in [-0.2, -0.15) is 0 Å². The first-order chi connectivity index (χ1) is 13.9. The molecule has 1 atom stereocenters. The van der Waals surface area contributed by atoms with Crippen LogP contribution in [0.1, 0.15) is 22.9 Å². The summed E-state index contributed by atoms with van der Waals surface area (Å²) < 4.78 is 10.7. The number of para-hydroxylation sites is 1. The summed E-state index contributed by atoms with van der Waals surface area (Å²) in [5.41, 5.74) is 3.40. The molecular weight excluding hydrogens is 424 g/mol. The van der Waals surface area contributed by atoms with Crippen molar-refractivity contribution in [3.8, 4) is 0 Å². The minimum absolute atomic E-state index is 0. The van der Waals surface area contributed by atoms with Crippen LogP contribution in [0.5, 0.6) is 0 Å². The van der Waals surface area contributed by atoms with E-state index in [1.807, 2.05) is 30.3 Å². The maximum Gasteiger partial charge on any atom is 0.244 e. The standard InChI is InChI=1S/C25H21N2O.BrH/c1-3-9-20(10-4-1)18-26-15-16-27(19-26)25(21-11-5-2-6-12-21)24-17-22-13-7-8-14-23(22)28-24;/h1-17,19,25H,18H2;1H/q+1;/p-1. The quantitative estimate of drug-likeness (QED) is 0.381. The normalized spacial score (nSPS) is 11.9. The highest BCUT2D eigenvalue weighted by atomic mass is 79.9. The minimum atomic E-state index is -0.00868. The number of aromatic nitrogens is 2. The molecule has 5 rings (SSSR count). The van der Waals surface area contributed by atoms with Gasteiger partial charge in [-0.1, -0.05) is 78.9 Å². The monoisotopic (exact) mass is 444 g/mol. The predicted octanol–water partition coefficient (Wildman–Crippen LogP) is 2.21. The van der Waals surface area contributed by atoms with Gasteiger partial charge in [0.2, 0.25) is 6.33 Å². The summed E-state index contributed by atoms with van der Waals surface area (Å²) in [5, 5.41) is 1.13. The molecule has 0 radical (unpaired) electrons. The van der Waals surface area contributed by atoms with Gasteiger partial charge in [0.05, 0.1) is 0 Å². The fourth-order valence-corrected chi connectivity index (χ4v) is 3.71. The van der Waals surface area contributed by atoms with Gasteiger partial charge >= 0.3 is 0 Å². The van der Waals surface area contributed by atoms with Crippen molar-refractivity contribution >= 4 is 11.0 Å². The molecule has 29 heavy (non-hydrogen) atoms. The molecule has 5 aromatic rings. The molecule has 0 saturated carbocycles. The molecule has 0 aliphatic heterocycles. The Hall–Kier alpha value is -3.11. The summed E-state index contributed by atoms with van der Waals surface area (Å²) in [6.07, 6.45) is 6.39. The smallest absolute Gasteiger partial charge is 0.244 e. The molecule has 0 amide bonds. The van der Waals surface area contributed by atoms with Crippen molar-refractivity contribution in [2.24, 2.45) is 0 Å². The SMILES string of the molecule is [Br-].c1ccc(C[n+]2ccn(C(c3ccccc3)c3cc4ccccc4o3)c2)cc1. The fourth-order valence-electron chi connectivity index (χ4n) is 3.71. The number of fused-ring (bicyclic) bond motifs is 1. The van der Waals surface area contributed by atoms with E-state index in [1.54, 1.807) is 0 Å². The molecule has 3 aromatic carbocycles. The molecule has 4 heteroatoms. The molecule has 1 unspecified atom stereocenters. The van der Waals surface area contributed by atoms with Crippen LogP contribution in [0.25, 0.3) is 11.0 Å². The molecule has 2 heterocycles. The van der Waals surface area contributed by atoms with Gasteiger partial charge in [0, 0.05) is 10.9 Å². The van der Waals surface area contributed by atoms with E-state index < -0.39 is 0 Å². The Morgan fingerprint density at radius 3 is 2.28 bits per heavy atom. The summed E-state index contributed by atoms with van der Waals surface area (Å²) in [7, 11) is 0. The Morgan fingerprint density at radius 2 is 1.52 bits per heavy atom. The third-order valence-corrected chi connectivity index (χ3v) is 5.05. The number of hydrogen-bond donors (Lipinski definition) is 0. The van der Waals surface area contributed by atoms with E-state index in [4.69, 9.17) is 4.42 Å². The number of nitrogens with zero attached hydrogens (tertiary/aromatic N) is 2. The van der Waals surface area contributed by atoms with Crippen LogP contribution in [0.3, 0.4) is 0 Å². The molecular formula is C25H21BrN2O. The van der Waals surface area contributed by atoms with Crippen LogP contribution in [0.15, 0.2) is 114 Å². The average molecular weight is 445 g/mol. The van der Waals surface area contributed by atoms with Gasteiger partial charge in [-0.15, -0.1) is 0 Å². The van der Waals surface area contributed by atoms with E-state index in [0.717, 1.165) is 23.3 Å². The third kappa shape index (κ3) is 4.03. The van der Waals surface area contributed by atoms with Crippen molar-refractivity contribution in [2.75, 3.05) is 0 Å². The van der Waals surface area contributed by atoms with Gasteiger partial charge in [0.25, 0.3) is 0 Å². The topological polar surface area (TPSA) is 21.9 Å². The van der Waals surface area contributed by atoms with E-state index in [9.17, 15) is 0 Å². The van der Waals surface area contributed by atoms with Crippen molar-refractivity contribution in [2.45, 2.75) is 12.6 Å². The van der Waals surface area contributed by atoms with Crippen molar-refractivity contribution in [3.05, 3.63) is 127 Å². The number of furan rings is 1. The molecule has 0 fully saturated rings. The highest BCUT2D eigenvalue weighted by molar-refractivity contribution is 5.78. The zero-order chi connectivity index (χ0) is 18.8. The third-order valence-electron chi connectivity index (χ3n) is 5.05. The Morgan fingerprint density at radius 1 is 0.828 bits per heavy atom. The van der Waals surface area contributed by atoms with Gasteiger partial charge in [0.1, 0.15) is 24.5 Å². The number of halogens is 1. The van der Waals surface area contributed by atoms with Crippen LogP contribution < -0.4 is 21.5 Å².